The van der Waals surface area contributed by atoms with Crippen LogP contribution in [0.3, 0.4) is 0 Å². The number of fused-ring (bicyclic) bond motifs is 3. The van der Waals surface area contributed by atoms with E-state index in [1.54, 1.807) is 14.4 Å². The molecule has 6 aromatic carbocycles. The van der Waals surface area contributed by atoms with Crippen molar-refractivity contribution in [3.63, 3.8) is 0 Å². The molecule has 258 valence electrons. The van der Waals surface area contributed by atoms with Crippen LogP contribution in [0.1, 0.15) is 33.4 Å². The molecule has 0 spiro atoms. The van der Waals surface area contributed by atoms with Crippen LogP contribution in [0.2, 0.25) is 0 Å². The summed E-state index contributed by atoms with van der Waals surface area (Å²) in [6.45, 7) is 12.3. The maximum absolute atomic E-state index is 4.45. The molecule has 3 heterocycles. The third kappa shape index (κ3) is 7.89. The number of aryl methyl sites for hydroxylation is 6. The Kier molecular flexibility index (Phi) is 10.8. The van der Waals surface area contributed by atoms with Gasteiger partial charge in [0.15, 0.2) is 0 Å². The second-order valence-electron chi connectivity index (χ2n) is 12.6. The second-order valence-corrected chi connectivity index (χ2v) is 12.6. The van der Waals surface area contributed by atoms with Crippen LogP contribution < -0.4 is 0 Å². The maximum atomic E-state index is 4.45. The number of aromatic nitrogens is 9. The Morgan fingerprint density at radius 3 is 0.769 bits per heavy atom. The van der Waals surface area contributed by atoms with Gasteiger partial charge in [-0.2, -0.15) is 116 Å². The van der Waals surface area contributed by atoms with Gasteiger partial charge in [0, 0.05) is 0 Å². The molecular formula is C42H36IrN9. The van der Waals surface area contributed by atoms with Gasteiger partial charge in [0.1, 0.15) is 33.1 Å². The Morgan fingerprint density at radius 1 is 0.365 bits per heavy atom. The first kappa shape index (κ1) is 36.0. The Balaban J connectivity index is 0.000000133. The summed E-state index contributed by atoms with van der Waals surface area (Å²) in [6, 6.07) is 45.4. The van der Waals surface area contributed by atoms with Gasteiger partial charge in [0.2, 0.25) is 0 Å². The second kappa shape index (κ2) is 15.6. The minimum absolute atomic E-state index is 0. The molecular weight excluding hydrogens is 823 g/mol. The molecule has 0 bridgehead atoms. The number of rotatable bonds is 3. The predicted octanol–water partition coefficient (Wildman–Crippen LogP) is 8.51. The van der Waals surface area contributed by atoms with Crippen molar-refractivity contribution in [2.75, 3.05) is 0 Å². The van der Waals surface area contributed by atoms with E-state index in [2.05, 4.69) is 87.8 Å². The molecule has 52 heavy (non-hydrogen) atoms. The van der Waals surface area contributed by atoms with E-state index < -0.39 is 0 Å². The maximum Gasteiger partial charge on any atom is 3.00 e. The average molecular weight is 859 g/mol. The third-order valence-electron chi connectivity index (χ3n) is 8.22. The quantitative estimate of drug-likeness (QED) is 0.166. The summed E-state index contributed by atoms with van der Waals surface area (Å²) in [6.07, 6.45) is 0. The smallest absolute Gasteiger partial charge is 0.175 e. The van der Waals surface area contributed by atoms with Crippen LogP contribution in [0.5, 0.6) is 0 Å². The van der Waals surface area contributed by atoms with Crippen LogP contribution in [0, 0.1) is 59.7 Å². The Labute approximate surface area is 316 Å². The monoisotopic (exact) mass is 859 g/mol. The minimum atomic E-state index is 0. The fraction of sp³-hybridized carbons (Fsp3) is 0.143. The first-order valence-corrected chi connectivity index (χ1v) is 16.7. The largest absolute Gasteiger partial charge is 3.00 e. The first-order valence-electron chi connectivity index (χ1n) is 16.7. The zero-order valence-corrected chi connectivity index (χ0v) is 32.1. The molecule has 0 aliphatic carbocycles. The van der Waals surface area contributed by atoms with Crippen LogP contribution in [-0.4, -0.2) is 45.0 Å². The summed E-state index contributed by atoms with van der Waals surface area (Å²) in [4.78, 5) is 4.96. The van der Waals surface area contributed by atoms with Crippen LogP contribution >= 0.6 is 0 Å². The van der Waals surface area contributed by atoms with E-state index in [0.717, 1.165) is 66.9 Å². The molecule has 10 heteroatoms. The summed E-state index contributed by atoms with van der Waals surface area (Å²) in [5.41, 5.74) is 15.1. The van der Waals surface area contributed by atoms with Crippen molar-refractivity contribution in [2.45, 2.75) is 41.5 Å². The van der Waals surface area contributed by atoms with E-state index >= 15 is 0 Å². The van der Waals surface area contributed by atoms with Crippen molar-refractivity contribution >= 4 is 33.1 Å². The SMILES string of the molecule is Cc1c[c-]c(-n2nc3ccccc3n2)c(C)c1.Cc1c[c-]c(-n2nc3ccccc3n2)c(C)c1.Cc1c[c-]c(-n2nc3ccccc3n2)c(C)c1.[Ir+3]. The van der Waals surface area contributed by atoms with Gasteiger partial charge in [-0.05, 0) is 53.5 Å². The molecule has 0 N–H and O–H groups in total. The van der Waals surface area contributed by atoms with E-state index in [9.17, 15) is 0 Å². The van der Waals surface area contributed by atoms with Crippen molar-refractivity contribution in [1.29, 1.82) is 0 Å². The minimum Gasteiger partial charge on any atom is -0.175 e. The molecule has 9 aromatic rings. The van der Waals surface area contributed by atoms with Gasteiger partial charge in [-0.25, -0.2) is 0 Å². The number of nitrogens with zero attached hydrogens (tertiary/aromatic N) is 9. The third-order valence-corrected chi connectivity index (χ3v) is 8.22. The van der Waals surface area contributed by atoms with Gasteiger partial charge >= 0.3 is 20.1 Å². The molecule has 0 unspecified atom stereocenters. The molecule has 0 saturated heterocycles. The first-order chi connectivity index (χ1) is 24.7. The van der Waals surface area contributed by atoms with Gasteiger partial charge in [-0.1, -0.05) is 77.9 Å². The van der Waals surface area contributed by atoms with Crippen LogP contribution in [0.4, 0.5) is 0 Å². The number of hydrogen-bond donors (Lipinski definition) is 0. The van der Waals surface area contributed by atoms with Crippen molar-refractivity contribution in [3.8, 4) is 17.1 Å². The van der Waals surface area contributed by atoms with Crippen LogP contribution in [0.15, 0.2) is 109 Å². The van der Waals surface area contributed by atoms with E-state index in [4.69, 9.17) is 0 Å². The zero-order chi connectivity index (χ0) is 35.5. The molecule has 0 atom stereocenters. The van der Waals surface area contributed by atoms with Crippen LogP contribution in [-0.2, 0) is 20.1 Å². The Bertz CT molecular complexity index is 2250. The van der Waals surface area contributed by atoms with Crippen molar-refractivity contribution in [2.24, 2.45) is 0 Å². The standard InChI is InChI=1S/3C14H12N3.Ir/c3*1-10-7-8-14(11(2)9-10)17-15-12-5-3-4-6-13(12)16-17;/h3*3-7,9H,1-2H3;/q3*-1;+3. The molecule has 3 aromatic heterocycles. The van der Waals surface area contributed by atoms with E-state index in [0.29, 0.717) is 0 Å². The summed E-state index contributed by atoms with van der Waals surface area (Å²) in [7, 11) is 0. The van der Waals surface area contributed by atoms with Crippen molar-refractivity contribution in [1.82, 2.24) is 45.0 Å². The van der Waals surface area contributed by atoms with Gasteiger partial charge in [0.25, 0.3) is 0 Å². The summed E-state index contributed by atoms with van der Waals surface area (Å²) < 4.78 is 0. The molecule has 0 amide bonds. The molecule has 0 radical (unpaired) electrons. The topological polar surface area (TPSA) is 92.1 Å². The molecule has 0 aliphatic heterocycles. The fourth-order valence-electron chi connectivity index (χ4n) is 5.77. The van der Waals surface area contributed by atoms with E-state index in [1.165, 1.54) is 16.7 Å². The molecule has 9 nitrogen and oxygen atoms in total. The fourth-order valence-corrected chi connectivity index (χ4v) is 5.77. The Hall–Kier alpha value is -5.83. The van der Waals surface area contributed by atoms with Crippen LogP contribution in [0.25, 0.3) is 50.2 Å². The van der Waals surface area contributed by atoms with E-state index in [-0.39, 0.29) is 20.1 Å². The zero-order valence-electron chi connectivity index (χ0n) is 29.8. The number of benzene rings is 6. The van der Waals surface area contributed by atoms with Gasteiger partial charge in [-0.15, -0.1) is 16.7 Å². The van der Waals surface area contributed by atoms with Crippen molar-refractivity contribution < 1.29 is 20.1 Å². The molecule has 9 rings (SSSR count). The van der Waals surface area contributed by atoms with Gasteiger partial charge in [-0.3, -0.25) is 0 Å². The van der Waals surface area contributed by atoms with Gasteiger partial charge in [0.05, 0.1) is 0 Å². The Morgan fingerprint density at radius 2 is 0.577 bits per heavy atom. The average Bonchev–Trinajstić information content (AvgIpc) is 3.85. The molecule has 0 aliphatic rings. The predicted molar refractivity (Wildman–Crippen MR) is 202 cm³/mol. The summed E-state index contributed by atoms with van der Waals surface area (Å²) in [5.74, 6) is 0. The van der Waals surface area contributed by atoms with Crippen molar-refractivity contribution in [3.05, 3.63) is 161 Å². The van der Waals surface area contributed by atoms with Gasteiger partial charge < -0.3 is 0 Å². The molecule has 0 saturated carbocycles. The number of hydrogen-bond acceptors (Lipinski definition) is 6. The molecule has 0 fully saturated rings. The summed E-state index contributed by atoms with van der Waals surface area (Å²) in [5, 5.41) is 26.7. The van der Waals surface area contributed by atoms with E-state index in [1.807, 2.05) is 112 Å². The normalized spacial score (nSPS) is 10.7. The summed E-state index contributed by atoms with van der Waals surface area (Å²) >= 11 is 0.